The molecule has 22 heavy (non-hydrogen) atoms. The Morgan fingerprint density at radius 2 is 1.36 bits per heavy atom. The van der Waals surface area contributed by atoms with Gasteiger partial charge in [-0.15, -0.1) is 0 Å². The fourth-order valence-corrected chi connectivity index (χ4v) is 2.50. The third-order valence-corrected chi connectivity index (χ3v) is 3.81. The zero-order valence-electron chi connectivity index (χ0n) is 13.3. The lowest BCUT2D eigenvalue weighted by molar-refractivity contribution is 0.305. The summed E-state index contributed by atoms with van der Waals surface area (Å²) < 4.78 is 5.79. The van der Waals surface area contributed by atoms with E-state index in [1.54, 1.807) is 0 Å². The van der Waals surface area contributed by atoms with Gasteiger partial charge in [-0.3, -0.25) is 0 Å². The van der Waals surface area contributed by atoms with Crippen molar-refractivity contribution in [3.05, 3.63) is 65.7 Å². The van der Waals surface area contributed by atoms with Crippen LogP contribution in [-0.4, -0.2) is 13.2 Å². The summed E-state index contributed by atoms with van der Waals surface area (Å²) in [5, 5.41) is 0. The Balaban J connectivity index is 1.56. The average Bonchev–Trinajstić information content (AvgIpc) is 2.58. The number of ether oxygens (including phenoxy) is 1. The van der Waals surface area contributed by atoms with E-state index in [1.807, 2.05) is 0 Å². The van der Waals surface area contributed by atoms with Gasteiger partial charge in [0.05, 0.1) is 6.61 Å². The molecule has 0 radical (unpaired) electrons. The van der Waals surface area contributed by atoms with Gasteiger partial charge < -0.3 is 10.5 Å². The molecule has 2 nitrogen and oxygen atoms in total. The summed E-state index contributed by atoms with van der Waals surface area (Å²) in [6, 6.07) is 19.1. The fraction of sp³-hybridized carbons (Fsp3) is 0.400. The van der Waals surface area contributed by atoms with E-state index >= 15 is 0 Å². The molecule has 0 saturated heterocycles. The largest absolute Gasteiger partial charge is 0.494 e. The van der Waals surface area contributed by atoms with E-state index in [4.69, 9.17) is 10.5 Å². The topological polar surface area (TPSA) is 35.2 Å². The molecule has 0 heterocycles. The first-order chi connectivity index (χ1) is 10.9. The molecule has 0 amide bonds. The standard InChI is InChI=1S/C20H27NO/c21-16-7-11-19-12-14-20(15-13-19)22-17-6-2-5-10-18-8-3-1-4-9-18/h1,3-4,8-9,12-15H,2,5-7,10-11,16-17,21H2. The minimum atomic E-state index is 0.751. The predicted octanol–water partition coefficient (Wildman–Crippen LogP) is 4.37. The first kappa shape index (κ1) is 16.6. The van der Waals surface area contributed by atoms with Crippen molar-refractivity contribution in [3.63, 3.8) is 0 Å². The van der Waals surface area contributed by atoms with Crippen LogP contribution in [0, 0.1) is 0 Å². The van der Waals surface area contributed by atoms with Crippen molar-refractivity contribution >= 4 is 0 Å². The average molecular weight is 297 g/mol. The van der Waals surface area contributed by atoms with Crippen LogP contribution in [0.5, 0.6) is 5.75 Å². The van der Waals surface area contributed by atoms with Gasteiger partial charge in [-0.25, -0.2) is 0 Å². The molecule has 0 fully saturated rings. The molecule has 2 aromatic carbocycles. The molecule has 2 heteroatoms. The van der Waals surface area contributed by atoms with Gasteiger partial charge in [0.25, 0.3) is 0 Å². The highest BCUT2D eigenvalue weighted by Crippen LogP contribution is 2.14. The number of benzene rings is 2. The van der Waals surface area contributed by atoms with E-state index in [0.717, 1.165) is 44.6 Å². The molecule has 0 aromatic heterocycles. The van der Waals surface area contributed by atoms with Crippen LogP contribution in [0.2, 0.25) is 0 Å². The maximum absolute atomic E-state index is 5.79. The Kier molecular flexibility index (Phi) is 7.54. The van der Waals surface area contributed by atoms with Gasteiger partial charge in [0.1, 0.15) is 5.75 Å². The van der Waals surface area contributed by atoms with E-state index in [-0.39, 0.29) is 0 Å². The zero-order chi connectivity index (χ0) is 15.5. The van der Waals surface area contributed by atoms with Crippen molar-refractivity contribution < 1.29 is 4.74 Å². The summed E-state index contributed by atoms with van der Waals surface area (Å²) in [5.74, 6) is 0.972. The van der Waals surface area contributed by atoms with Crippen molar-refractivity contribution in [3.8, 4) is 5.75 Å². The van der Waals surface area contributed by atoms with Crippen LogP contribution in [0.3, 0.4) is 0 Å². The summed E-state index contributed by atoms with van der Waals surface area (Å²) in [6.07, 6.45) is 6.81. The van der Waals surface area contributed by atoms with Gasteiger partial charge in [-0.2, -0.15) is 0 Å². The summed E-state index contributed by atoms with van der Waals surface area (Å²) in [7, 11) is 0. The van der Waals surface area contributed by atoms with Crippen LogP contribution >= 0.6 is 0 Å². The minimum Gasteiger partial charge on any atom is -0.494 e. The van der Waals surface area contributed by atoms with Gasteiger partial charge >= 0.3 is 0 Å². The SMILES string of the molecule is NCCCc1ccc(OCCCCCc2ccccc2)cc1. The molecule has 0 aliphatic carbocycles. The number of unbranched alkanes of at least 4 members (excludes halogenated alkanes) is 2. The second-order valence-electron chi connectivity index (χ2n) is 5.68. The third-order valence-electron chi connectivity index (χ3n) is 3.81. The quantitative estimate of drug-likeness (QED) is 0.661. The Bertz CT molecular complexity index is 507. The van der Waals surface area contributed by atoms with Crippen molar-refractivity contribution in [2.24, 2.45) is 5.73 Å². The zero-order valence-corrected chi connectivity index (χ0v) is 13.3. The van der Waals surface area contributed by atoms with Gasteiger partial charge in [0.2, 0.25) is 0 Å². The summed E-state index contributed by atoms with van der Waals surface area (Å²) >= 11 is 0. The van der Waals surface area contributed by atoms with Gasteiger partial charge in [-0.1, -0.05) is 42.5 Å². The van der Waals surface area contributed by atoms with Crippen LogP contribution < -0.4 is 10.5 Å². The maximum atomic E-state index is 5.79. The van der Waals surface area contributed by atoms with Crippen molar-refractivity contribution in [1.29, 1.82) is 0 Å². The van der Waals surface area contributed by atoms with Gasteiger partial charge in [-0.05, 0) is 68.3 Å². The Morgan fingerprint density at radius 3 is 2.09 bits per heavy atom. The highest BCUT2D eigenvalue weighted by molar-refractivity contribution is 5.27. The van der Waals surface area contributed by atoms with E-state index in [1.165, 1.54) is 24.0 Å². The lowest BCUT2D eigenvalue weighted by atomic mass is 10.1. The van der Waals surface area contributed by atoms with Crippen molar-refractivity contribution in [1.82, 2.24) is 0 Å². The fourth-order valence-electron chi connectivity index (χ4n) is 2.50. The normalized spacial score (nSPS) is 10.6. The molecular formula is C20H27NO. The van der Waals surface area contributed by atoms with Crippen LogP contribution in [0.1, 0.15) is 36.8 Å². The summed E-state index contributed by atoms with van der Waals surface area (Å²) in [5.41, 5.74) is 8.29. The molecule has 0 bridgehead atoms. The lowest BCUT2D eigenvalue weighted by Gasteiger charge is -2.07. The molecule has 0 atom stereocenters. The molecule has 0 aliphatic rings. The maximum Gasteiger partial charge on any atom is 0.119 e. The van der Waals surface area contributed by atoms with Crippen LogP contribution in [0.15, 0.2) is 54.6 Å². The van der Waals surface area contributed by atoms with Crippen molar-refractivity contribution in [2.45, 2.75) is 38.5 Å². The predicted molar refractivity (Wildman–Crippen MR) is 93.3 cm³/mol. The Labute approximate surface area is 134 Å². The number of hydrogen-bond donors (Lipinski definition) is 1. The van der Waals surface area contributed by atoms with E-state index in [2.05, 4.69) is 54.6 Å². The number of rotatable bonds is 10. The first-order valence-corrected chi connectivity index (χ1v) is 8.34. The molecule has 0 aliphatic heterocycles. The Morgan fingerprint density at radius 1 is 0.682 bits per heavy atom. The number of nitrogens with two attached hydrogens (primary N) is 1. The van der Waals surface area contributed by atoms with E-state index < -0.39 is 0 Å². The highest BCUT2D eigenvalue weighted by Gasteiger charge is 1.97. The third kappa shape index (κ3) is 6.31. The molecule has 2 rings (SSSR count). The lowest BCUT2D eigenvalue weighted by Crippen LogP contribution is -2.00. The minimum absolute atomic E-state index is 0.751. The van der Waals surface area contributed by atoms with Gasteiger partial charge in [0.15, 0.2) is 0 Å². The number of hydrogen-bond acceptors (Lipinski definition) is 2. The van der Waals surface area contributed by atoms with Crippen LogP contribution in [0.25, 0.3) is 0 Å². The molecular weight excluding hydrogens is 270 g/mol. The summed E-state index contributed by atoms with van der Waals surface area (Å²) in [6.45, 7) is 1.55. The Hall–Kier alpha value is -1.80. The smallest absolute Gasteiger partial charge is 0.119 e. The molecule has 2 N–H and O–H groups in total. The summed E-state index contributed by atoms with van der Waals surface area (Å²) in [4.78, 5) is 0. The van der Waals surface area contributed by atoms with E-state index in [0.29, 0.717) is 0 Å². The molecule has 0 saturated carbocycles. The second-order valence-corrected chi connectivity index (χ2v) is 5.68. The number of aryl methyl sites for hydroxylation is 2. The molecule has 0 unspecified atom stereocenters. The molecule has 0 spiro atoms. The van der Waals surface area contributed by atoms with Crippen molar-refractivity contribution in [2.75, 3.05) is 13.2 Å². The van der Waals surface area contributed by atoms with Crippen LogP contribution in [-0.2, 0) is 12.8 Å². The van der Waals surface area contributed by atoms with E-state index in [9.17, 15) is 0 Å². The molecule has 118 valence electrons. The first-order valence-electron chi connectivity index (χ1n) is 8.34. The second kappa shape index (κ2) is 10.0. The van der Waals surface area contributed by atoms with Gasteiger partial charge in [0, 0.05) is 0 Å². The molecule has 2 aromatic rings. The highest BCUT2D eigenvalue weighted by atomic mass is 16.5. The monoisotopic (exact) mass is 297 g/mol. The van der Waals surface area contributed by atoms with Crippen LogP contribution in [0.4, 0.5) is 0 Å².